The number of nitrogens with one attached hydrogen (secondary N) is 1. The smallest absolute Gasteiger partial charge is 0.471 e. The summed E-state index contributed by atoms with van der Waals surface area (Å²) in [6.45, 7) is 1.72. The van der Waals surface area contributed by atoms with Gasteiger partial charge in [-0.25, -0.2) is 0 Å². The fourth-order valence-corrected chi connectivity index (χ4v) is 4.35. The summed E-state index contributed by atoms with van der Waals surface area (Å²) in [6.07, 6.45) is -4.72. The summed E-state index contributed by atoms with van der Waals surface area (Å²) in [5, 5.41) is 3.85. The standard InChI is InChI=1S/C19H19F3N2O3S/c1-3-13-15(23-18(26)19(20,21)22)16(14-5-4-10-28-14)24(17(13)25)11-6-8-12(27-2)9-7-11/h4-10,13,15-16H,3H2,1-2H3,(H,23,26)/t13-,15-,16+/m1/s1. The van der Waals surface area contributed by atoms with Gasteiger partial charge in [0.25, 0.3) is 0 Å². The first-order valence-electron chi connectivity index (χ1n) is 8.66. The number of ether oxygens (including phenoxy) is 1. The van der Waals surface area contributed by atoms with Crippen LogP contribution in [0.5, 0.6) is 5.75 Å². The number of amides is 2. The Morgan fingerprint density at radius 2 is 1.93 bits per heavy atom. The number of thiophene rings is 1. The maximum atomic E-state index is 13.1. The van der Waals surface area contributed by atoms with E-state index in [9.17, 15) is 22.8 Å². The maximum absolute atomic E-state index is 13.1. The molecule has 28 heavy (non-hydrogen) atoms. The van der Waals surface area contributed by atoms with Crippen LogP contribution < -0.4 is 15.0 Å². The highest BCUT2D eigenvalue weighted by Gasteiger charge is 2.52. The first-order chi connectivity index (χ1) is 13.3. The van der Waals surface area contributed by atoms with Crippen molar-refractivity contribution in [3.63, 3.8) is 0 Å². The maximum Gasteiger partial charge on any atom is 0.471 e. The van der Waals surface area contributed by atoms with Crippen LogP contribution in [0.2, 0.25) is 0 Å². The van der Waals surface area contributed by atoms with Gasteiger partial charge in [0.05, 0.1) is 25.1 Å². The van der Waals surface area contributed by atoms with Gasteiger partial charge in [0.2, 0.25) is 5.91 Å². The van der Waals surface area contributed by atoms with Crippen molar-refractivity contribution in [2.24, 2.45) is 5.92 Å². The van der Waals surface area contributed by atoms with Crippen molar-refractivity contribution >= 4 is 28.8 Å². The lowest BCUT2D eigenvalue weighted by Crippen LogP contribution is -2.47. The van der Waals surface area contributed by atoms with Gasteiger partial charge in [-0.3, -0.25) is 9.59 Å². The van der Waals surface area contributed by atoms with E-state index in [1.807, 2.05) is 0 Å². The van der Waals surface area contributed by atoms with E-state index in [-0.39, 0.29) is 5.91 Å². The first kappa shape index (κ1) is 20.2. The Labute approximate surface area is 164 Å². The molecule has 1 N–H and O–H groups in total. The highest BCUT2D eigenvalue weighted by Crippen LogP contribution is 2.43. The third kappa shape index (κ3) is 3.71. The minimum absolute atomic E-state index is 0.302. The minimum atomic E-state index is -5.02. The lowest BCUT2D eigenvalue weighted by Gasteiger charge is -2.28. The van der Waals surface area contributed by atoms with E-state index >= 15 is 0 Å². The molecule has 0 spiro atoms. The van der Waals surface area contributed by atoms with Crippen LogP contribution in [-0.4, -0.2) is 31.1 Å². The van der Waals surface area contributed by atoms with Gasteiger partial charge in [-0.2, -0.15) is 13.2 Å². The fraction of sp³-hybridized carbons (Fsp3) is 0.368. The van der Waals surface area contributed by atoms with Crippen molar-refractivity contribution in [2.45, 2.75) is 31.6 Å². The molecule has 2 heterocycles. The van der Waals surface area contributed by atoms with Crippen LogP contribution in [-0.2, 0) is 9.59 Å². The summed E-state index contributed by atoms with van der Waals surface area (Å²) < 4.78 is 43.8. The largest absolute Gasteiger partial charge is 0.497 e. The molecule has 3 atom stereocenters. The SMILES string of the molecule is CC[C@H]1C(=O)N(c2ccc(OC)cc2)[C@@H](c2cccs2)[C@@H]1NC(=O)C(F)(F)F. The predicted octanol–water partition coefficient (Wildman–Crippen LogP) is 3.92. The second-order valence-electron chi connectivity index (χ2n) is 6.38. The summed E-state index contributed by atoms with van der Waals surface area (Å²) in [6, 6.07) is 8.51. The number of nitrogens with zero attached hydrogens (tertiary/aromatic N) is 1. The summed E-state index contributed by atoms with van der Waals surface area (Å²) in [5.74, 6) is -2.53. The Bertz CT molecular complexity index is 837. The van der Waals surface area contributed by atoms with Crippen LogP contribution >= 0.6 is 11.3 Å². The van der Waals surface area contributed by atoms with E-state index in [4.69, 9.17) is 4.74 Å². The van der Waals surface area contributed by atoms with Crippen LogP contribution in [0.25, 0.3) is 0 Å². The molecule has 0 unspecified atom stereocenters. The topological polar surface area (TPSA) is 58.6 Å². The third-order valence-corrected chi connectivity index (χ3v) is 5.73. The zero-order chi connectivity index (χ0) is 20.5. The summed E-state index contributed by atoms with van der Waals surface area (Å²) >= 11 is 1.33. The van der Waals surface area contributed by atoms with E-state index < -0.39 is 30.1 Å². The second kappa shape index (κ2) is 7.83. The molecule has 0 radical (unpaired) electrons. The van der Waals surface area contributed by atoms with Crippen LogP contribution in [0.1, 0.15) is 24.3 Å². The van der Waals surface area contributed by atoms with Crippen molar-refractivity contribution in [1.29, 1.82) is 0 Å². The third-order valence-electron chi connectivity index (χ3n) is 4.79. The van der Waals surface area contributed by atoms with Gasteiger partial charge in [0, 0.05) is 10.6 Å². The monoisotopic (exact) mass is 412 g/mol. The van der Waals surface area contributed by atoms with Crippen LogP contribution in [0.3, 0.4) is 0 Å². The number of alkyl halides is 3. The molecule has 1 aliphatic rings. The molecule has 5 nitrogen and oxygen atoms in total. The van der Waals surface area contributed by atoms with Gasteiger partial charge in [-0.15, -0.1) is 11.3 Å². The number of carbonyl (C=O) groups excluding carboxylic acids is 2. The second-order valence-corrected chi connectivity index (χ2v) is 7.36. The molecule has 1 aromatic heterocycles. The Kier molecular flexibility index (Phi) is 5.64. The fourth-order valence-electron chi connectivity index (χ4n) is 3.49. The normalized spacial score (nSPS) is 22.4. The molecular weight excluding hydrogens is 393 g/mol. The van der Waals surface area contributed by atoms with Crippen molar-refractivity contribution in [2.75, 3.05) is 12.0 Å². The molecule has 0 aliphatic carbocycles. The van der Waals surface area contributed by atoms with Gasteiger partial charge >= 0.3 is 12.1 Å². The molecule has 0 saturated carbocycles. The highest BCUT2D eigenvalue weighted by molar-refractivity contribution is 7.10. The van der Waals surface area contributed by atoms with Gasteiger partial charge in [0.1, 0.15) is 5.75 Å². The number of hydrogen-bond donors (Lipinski definition) is 1. The van der Waals surface area contributed by atoms with E-state index in [1.165, 1.54) is 23.3 Å². The molecule has 9 heteroatoms. The number of methoxy groups -OCH3 is 1. The minimum Gasteiger partial charge on any atom is -0.497 e. The molecule has 0 bridgehead atoms. The van der Waals surface area contributed by atoms with Gasteiger partial charge < -0.3 is 15.0 Å². The molecule has 1 fully saturated rings. The van der Waals surface area contributed by atoms with E-state index in [2.05, 4.69) is 5.32 Å². The average Bonchev–Trinajstić information content (AvgIpc) is 3.27. The van der Waals surface area contributed by atoms with Crippen LogP contribution in [0.15, 0.2) is 41.8 Å². The molecule has 1 aliphatic heterocycles. The highest BCUT2D eigenvalue weighted by atomic mass is 32.1. The van der Waals surface area contributed by atoms with Gasteiger partial charge in [-0.05, 0) is 42.1 Å². The zero-order valence-electron chi connectivity index (χ0n) is 15.2. The molecule has 2 aromatic rings. The number of benzene rings is 1. The predicted molar refractivity (Wildman–Crippen MR) is 99.3 cm³/mol. The molecular formula is C19H19F3N2O3S. The number of halogens is 3. The number of rotatable bonds is 5. The molecule has 1 aromatic carbocycles. The average molecular weight is 412 g/mol. The summed E-state index contributed by atoms with van der Waals surface area (Å²) in [7, 11) is 1.51. The molecule has 1 saturated heterocycles. The van der Waals surface area contributed by atoms with Gasteiger partial charge in [-0.1, -0.05) is 13.0 Å². The van der Waals surface area contributed by atoms with Crippen molar-refractivity contribution in [3.05, 3.63) is 46.7 Å². The number of anilines is 1. The quantitative estimate of drug-likeness (QED) is 0.810. The van der Waals surface area contributed by atoms with Crippen LogP contribution in [0, 0.1) is 5.92 Å². The Morgan fingerprint density at radius 1 is 1.25 bits per heavy atom. The summed E-state index contributed by atoms with van der Waals surface area (Å²) in [5.41, 5.74) is 0.534. The number of carbonyl (C=O) groups is 2. The van der Waals surface area contributed by atoms with E-state index in [0.29, 0.717) is 22.7 Å². The van der Waals surface area contributed by atoms with E-state index in [1.54, 1.807) is 48.7 Å². The van der Waals surface area contributed by atoms with E-state index in [0.717, 1.165) is 0 Å². The van der Waals surface area contributed by atoms with Gasteiger partial charge in [0.15, 0.2) is 0 Å². The Balaban J connectivity index is 2.04. The zero-order valence-corrected chi connectivity index (χ0v) is 16.0. The molecule has 2 amide bonds. The van der Waals surface area contributed by atoms with Crippen molar-refractivity contribution in [3.8, 4) is 5.75 Å². The van der Waals surface area contributed by atoms with Crippen molar-refractivity contribution < 1.29 is 27.5 Å². The Morgan fingerprint density at radius 3 is 2.43 bits per heavy atom. The van der Waals surface area contributed by atoms with Crippen LogP contribution in [0.4, 0.5) is 18.9 Å². The molecule has 3 rings (SSSR count). The lowest BCUT2D eigenvalue weighted by molar-refractivity contribution is -0.174. The first-order valence-corrected chi connectivity index (χ1v) is 9.54. The lowest BCUT2D eigenvalue weighted by atomic mass is 9.94. The Hall–Kier alpha value is -2.55. The van der Waals surface area contributed by atoms with Crippen molar-refractivity contribution in [1.82, 2.24) is 5.32 Å². The molecule has 150 valence electrons. The number of hydrogen-bond acceptors (Lipinski definition) is 4. The summed E-state index contributed by atoms with van der Waals surface area (Å²) in [4.78, 5) is 26.9.